The lowest BCUT2D eigenvalue weighted by Crippen LogP contribution is -2.36. The largest absolute Gasteiger partial charge is 0.495 e. The summed E-state index contributed by atoms with van der Waals surface area (Å²) in [5.41, 5.74) is 0.840. The minimum atomic E-state index is 0.0406. The Morgan fingerprint density at radius 1 is 1.44 bits per heavy atom. The number of ether oxygens (including phenoxy) is 1. The van der Waals surface area contributed by atoms with Crippen LogP contribution in [0.5, 0.6) is 5.75 Å². The lowest BCUT2D eigenvalue weighted by molar-refractivity contribution is -0.117. The number of anilines is 1. The molecule has 16 heavy (non-hydrogen) atoms. The van der Waals surface area contributed by atoms with Gasteiger partial charge in [-0.2, -0.15) is 0 Å². The molecule has 0 aliphatic rings. The average Bonchev–Trinajstić information content (AvgIpc) is 2.29. The van der Waals surface area contributed by atoms with Gasteiger partial charge in [0.05, 0.1) is 12.8 Å². The number of hydrogen-bond donors (Lipinski definition) is 0. The molecule has 0 aromatic heterocycles. The normalized spacial score (nSPS) is 12.0. The Kier molecular flexibility index (Phi) is 4.35. The summed E-state index contributed by atoms with van der Waals surface area (Å²) < 4.78 is 5.28. The van der Waals surface area contributed by atoms with Crippen LogP contribution in [0.4, 0.5) is 5.69 Å². The number of benzene rings is 1. The summed E-state index contributed by atoms with van der Waals surface area (Å²) in [6, 6.07) is 7.77. The van der Waals surface area contributed by atoms with E-state index in [9.17, 15) is 4.79 Å². The highest BCUT2D eigenvalue weighted by molar-refractivity contribution is 5.93. The summed E-state index contributed by atoms with van der Waals surface area (Å²) >= 11 is 0. The van der Waals surface area contributed by atoms with Gasteiger partial charge in [0.15, 0.2) is 0 Å². The Labute approximate surface area is 97.0 Å². The van der Waals surface area contributed by atoms with E-state index in [4.69, 9.17) is 4.74 Å². The van der Waals surface area contributed by atoms with Gasteiger partial charge in [-0.05, 0) is 25.5 Å². The molecule has 3 nitrogen and oxygen atoms in total. The topological polar surface area (TPSA) is 29.5 Å². The second kappa shape index (κ2) is 5.54. The van der Waals surface area contributed by atoms with Crippen molar-refractivity contribution in [2.24, 2.45) is 0 Å². The predicted molar refractivity (Wildman–Crippen MR) is 65.9 cm³/mol. The molecule has 0 bridgehead atoms. The fraction of sp³-hybridized carbons (Fsp3) is 0.462. The predicted octanol–water partition coefficient (Wildman–Crippen LogP) is 2.85. The molecule has 0 aliphatic carbocycles. The van der Waals surface area contributed by atoms with E-state index in [2.05, 4.69) is 6.92 Å². The van der Waals surface area contributed by atoms with Gasteiger partial charge in [0, 0.05) is 13.0 Å². The van der Waals surface area contributed by atoms with Gasteiger partial charge in [-0.15, -0.1) is 0 Å². The molecule has 0 saturated carbocycles. The number of methoxy groups -OCH3 is 1. The maximum Gasteiger partial charge on any atom is 0.224 e. The minimum Gasteiger partial charge on any atom is -0.495 e. The van der Waals surface area contributed by atoms with Crippen molar-refractivity contribution >= 4 is 11.6 Å². The number of carbonyl (C=O) groups excluding carboxylic acids is 1. The third-order valence-electron chi connectivity index (χ3n) is 2.72. The quantitative estimate of drug-likeness (QED) is 0.782. The van der Waals surface area contributed by atoms with Crippen molar-refractivity contribution in [1.82, 2.24) is 0 Å². The summed E-state index contributed by atoms with van der Waals surface area (Å²) in [7, 11) is 1.62. The third-order valence-corrected chi connectivity index (χ3v) is 2.72. The van der Waals surface area contributed by atoms with E-state index < -0.39 is 0 Å². The van der Waals surface area contributed by atoms with E-state index in [1.54, 1.807) is 18.9 Å². The smallest absolute Gasteiger partial charge is 0.224 e. The molecule has 1 rings (SSSR count). The lowest BCUT2D eigenvalue weighted by Gasteiger charge is -2.28. The van der Waals surface area contributed by atoms with E-state index in [0.717, 1.165) is 17.9 Å². The lowest BCUT2D eigenvalue weighted by atomic mass is 10.1. The maximum absolute atomic E-state index is 11.7. The molecule has 0 saturated heterocycles. The minimum absolute atomic E-state index is 0.0406. The summed E-state index contributed by atoms with van der Waals surface area (Å²) in [6.07, 6.45) is 0.914. The van der Waals surface area contributed by atoms with Crippen LogP contribution in [0.2, 0.25) is 0 Å². The average molecular weight is 221 g/mol. The van der Waals surface area contributed by atoms with Crippen molar-refractivity contribution in [3.63, 3.8) is 0 Å². The molecule has 88 valence electrons. The number of nitrogens with zero attached hydrogens (tertiary/aromatic N) is 1. The van der Waals surface area contributed by atoms with Crippen molar-refractivity contribution in [2.75, 3.05) is 12.0 Å². The number of rotatable bonds is 4. The van der Waals surface area contributed by atoms with Crippen molar-refractivity contribution in [3.8, 4) is 5.75 Å². The van der Waals surface area contributed by atoms with E-state index in [0.29, 0.717) is 0 Å². The van der Waals surface area contributed by atoms with Crippen molar-refractivity contribution in [3.05, 3.63) is 24.3 Å². The van der Waals surface area contributed by atoms with Crippen molar-refractivity contribution in [2.45, 2.75) is 33.2 Å². The van der Waals surface area contributed by atoms with Crippen LogP contribution < -0.4 is 9.64 Å². The highest BCUT2D eigenvalue weighted by Crippen LogP contribution is 2.29. The molecule has 0 fully saturated rings. The van der Waals surface area contributed by atoms with Crippen LogP contribution in [0.3, 0.4) is 0 Å². The van der Waals surface area contributed by atoms with Crippen LogP contribution in [0, 0.1) is 0 Å². The Morgan fingerprint density at radius 3 is 2.56 bits per heavy atom. The molecule has 0 N–H and O–H groups in total. The fourth-order valence-electron chi connectivity index (χ4n) is 1.73. The van der Waals surface area contributed by atoms with Gasteiger partial charge in [-0.25, -0.2) is 0 Å². The van der Waals surface area contributed by atoms with Gasteiger partial charge in [0.2, 0.25) is 5.91 Å². The highest BCUT2D eigenvalue weighted by Gasteiger charge is 2.20. The van der Waals surface area contributed by atoms with E-state index >= 15 is 0 Å². The first kappa shape index (κ1) is 12.6. The monoisotopic (exact) mass is 221 g/mol. The van der Waals surface area contributed by atoms with Crippen LogP contribution in [-0.2, 0) is 4.79 Å². The first-order valence-corrected chi connectivity index (χ1v) is 5.54. The Hall–Kier alpha value is -1.51. The summed E-state index contributed by atoms with van der Waals surface area (Å²) in [6.45, 7) is 5.68. The van der Waals surface area contributed by atoms with Crippen LogP contribution in [0.15, 0.2) is 24.3 Å². The van der Waals surface area contributed by atoms with Crippen molar-refractivity contribution < 1.29 is 9.53 Å². The summed E-state index contributed by atoms with van der Waals surface area (Å²) in [5, 5.41) is 0. The van der Waals surface area contributed by atoms with Crippen LogP contribution in [0.25, 0.3) is 0 Å². The summed E-state index contributed by atoms with van der Waals surface area (Å²) in [5.74, 6) is 0.775. The van der Waals surface area contributed by atoms with Gasteiger partial charge in [0.25, 0.3) is 0 Å². The fourth-order valence-corrected chi connectivity index (χ4v) is 1.73. The van der Waals surface area contributed by atoms with Gasteiger partial charge in [-0.3, -0.25) is 4.79 Å². The number of carbonyl (C=O) groups is 1. The molecule has 0 aliphatic heterocycles. The van der Waals surface area contributed by atoms with E-state index in [-0.39, 0.29) is 11.9 Å². The van der Waals surface area contributed by atoms with Gasteiger partial charge in [-0.1, -0.05) is 19.1 Å². The zero-order valence-electron chi connectivity index (χ0n) is 10.4. The SMILES string of the molecule is CCC(C)N(C(C)=O)c1ccccc1OC. The summed E-state index contributed by atoms with van der Waals surface area (Å²) in [4.78, 5) is 13.5. The number of amides is 1. The molecule has 3 heteroatoms. The van der Waals surface area contributed by atoms with E-state index in [1.807, 2.05) is 31.2 Å². The molecular formula is C13H19NO2. The Morgan fingerprint density at radius 2 is 2.06 bits per heavy atom. The molecule has 0 radical (unpaired) electrons. The highest BCUT2D eigenvalue weighted by atomic mass is 16.5. The second-order valence-corrected chi connectivity index (χ2v) is 3.82. The molecule has 1 atom stereocenters. The first-order valence-electron chi connectivity index (χ1n) is 5.54. The van der Waals surface area contributed by atoms with Gasteiger partial charge in [0.1, 0.15) is 5.75 Å². The molecular weight excluding hydrogens is 202 g/mol. The Bertz CT molecular complexity index is 363. The van der Waals surface area contributed by atoms with Crippen LogP contribution >= 0.6 is 0 Å². The van der Waals surface area contributed by atoms with Crippen LogP contribution in [0.1, 0.15) is 27.2 Å². The second-order valence-electron chi connectivity index (χ2n) is 3.82. The molecule has 1 aromatic rings. The molecule has 1 amide bonds. The standard InChI is InChI=1S/C13H19NO2/c1-5-10(2)14(11(3)15)12-8-6-7-9-13(12)16-4/h6-10H,5H2,1-4H3. The molecule has 1 aromatic carbocycles. The van der Waals surface area contributed by atoms with Crippen LogP contribution in [-0.4, -0.2) is 19.1 Å². The number of para-hydroxylation sites is 2. The van der Waals surface area contributed by atoms with E-state index in [1.165, 1.54) is 0 Å². The zero-order chi connectivity index (χ0) is 12.1. The molecule has 0 spiro atoms. The molecule has 1 unspecified atom stereocenters. The number of hydrogen-bond acceptors (Lipinski definition) is 2. The maximum atomic E-state index is 11.7. The zero-order valence-corrected chi connectivity index (χ0v) is 10.4. The Balaban J connectivity index is 3.15. The third kappa shape index (κ3) is 2.54. The molecule has 0 heterocycles. The first-order chi connectivity index (χ1) is 7.61. The van der Waals surface area contributed by atoms with Gasteiger partial charge >= 0.3 is 0 Å². The van der Waals surface area contributed by atoms with Gasteiger partial charge < -0.3 is 9.64 Å². The van der Waals surface area contributed by atoms with Crippen molar-refractivity contribution in [1.29, 1.82) is 0 Å².